The number of carbonyl (C=O) groups is 1. The molecule has 1 aromatic heterocycles. The maximum atomic E-state index is 12.3. The van der Waals surface area contributed by atoms with E-state index in [1.165, 1.54) is 4.68 Å². The summed E-state index contributed by atoms with van der Waals surface area (Å²) in [7, 11) is 1.63. The fourth-order valence-corrected chi connectivity index (χ4v) is 2.31. The van der Waals surface area contributed by atoms with Crippen molar-refractivity contribution in [2.75, 3.05) is 7.11 Å². The van der Waals surface area contributed by atoms with Crippen LogP contribution in [0.4, 0.5) is 0 Å². The Bertz CT molecular complexity index is 780. The number of rotatable bonds is 4. The number of fused-ring (bicyclic) bond motifs is 1. The molecule has 0 bridgehead atoms. The van der Waals surface area contributed by atoms with E-state index < -0.39 is 0 Å². The Labute approximate surface area is 122 Å². The van der Waals surface area contributed by atoms with E-state index in [1.807, 2.05) is 48.5 Å². The van der Waals surface area contributed by atoms with Gasteiger partial charge in [0.05, 0.1) is 12.6 Å². The first-order chi connectivity index (χ1) is 10.3. The topological polar surface area (TPSA) is 57.0 Å². The summed E-state index contributed by atoms with van der Waals surface area (Å²) in [5, 5.41) is 7.93. The minimum Gasteiger partial charge on any atom is -0.496 e. The first-order valence-corrected chi connectivity index (χ1v) is 6.75. The lowest BCUT2D eigenvalue weighted by Gasteiger charge is -2.07. The molecule has 0 unspecified atom stereocenters. The molecule has 0 atom stereocenters. The second kappa shape index (κ2) is 5.75. The summed E-state index contributed by atoms with van der Waals surface area (Å²) in [6.45, 7) is 0. The Morgan fingerprint density at radius 1 is 1.14 bits per heavy atom. The molecule has 2 aromatic carbocycles. The van der Waals surface area contributed by atoms with E-state index in [-0.39, 0.29) is 5.91 Å². The van der Waals surface area contributed by atoms with Crippen molar-refractivity contribution in [3.63, 3.8) is 0 Å². The first kappa shape index (κ1) is 13.3. The van der Waals surface area contributed by atoms with Gasteiger partial charge in [-0.2, -0.15) is 4.68 Å². The fraction of sp³-hybridized carbons (Fsp3) is 0.188. The zero-order valence-electron chi connectivity index (χ0n) is 11.7. The number of hydrogen-bond acceptors (Lipinski definition) is 4. The smallest absolute Gasteiger partial charge is 0.249 e. The number of aromatic nitrogens is 3. The maximum absolute atomic E-state index is 12.3. The largest absolute Gasteiger partial charge is 0.496 e. The van der Waals surface area contributed by atoms with Crippen molar-refractivity contribution in [1.29, 1.82) is 0 Å². The molecule has 1 heterocycles. The van der Waals surface area contributed by atoms with Gasteiger partial charge in [0.15, 0.2) is 0 Å². The van der Waals surface area contributed by atoms with Gasteiger partial charge in [-0.05, 0) is 30.2 Å². The van der Waals surface area contributed by atoms with Gasteiger partial charge in [0.1, 0.15) is 11.3 Å². The van der Waals surface area contributed by atoms with E-state index >= 15 is 0 Å². The van der Waals surface area contributed by atoms with Gasteiger partial charge in [-0.15, -0.1) is 5.10 Å². The van der Waals surface area contributed by atoms with Crippen molar-refractivity contribution in [2.45, 2.75) is 12.8 Å². The fourth-order valence-electron chi connectivity index (χ4n) is 2.31. The van der Waals surface area contributed by atoms with E-state index in [1.54, 1.807) is 7.11 Å². The highest BCUT2D eigenvalue weighted by Crippen LogP contribution is 2.19. The van der Waals surface area contributed by atoms with Crippen LogP contribution in [0.15, 0.2) is 48.5 Å². The van der Waals surface area contributed by atoms with Crippen molar-refractivity contribution in [1.82, 2.24) is 15.0 Å². The average molecular weight is 281 g/mol. The second-order valence-corrected chi connectivity index (χ2v) is 4.70. The summed E-state index contributed by atoms with van der Waals surface area (Å²) < 4.78 is 6.66. The number of carbonyl (C=O) groups excluding carboxylic acids is 1. The highest BCUT2D eigenvalue weighted by molar-refractivity contribution is 5.88. The lowest BCUT2D eigenvalue weighted by molar-refractivity contribution is 0.0890. The van der Waals surface area contributed by atoms with Crippen LogP contribution in [0.5, 0.6) is 5.75 Å². The molecular weight excluding hydrogens is 266 g/mol. The summed E-state index contributed by atoms with van der Waals surface area (Å²) in [6.07, 6.45) is 0.963. The lowest BCUT2D eigenvalue weighted by Crippen LogP contribution is -2.13. The summed E-state index contributed by atoms with van der Waals surface area (Å²) in [6, 6.07) is 15.1. The van der Waals surface area contributed by atoms with E-state index in [2.05, 4.69) is 10.3 Å². The number of para-hydroxylation sites is 2. The summed E-state index contributed by atoms with van der Waals surface area (Å²) in [5.74, 6) is 0.725. The molecule has 0 saturated heterocycles. The highest BCUT2D eigenvalue weighted by atomic mass is 16.5. The third-order valence-corrected chi connectivity index (χ3v) is 3.39. The number of aryl methyl sites for hydroxylation is 1. The SMILES string of the molecule is COc1ccccc1CCC(=O)n1nnc2ccccc21. The number of ether oxygens (including phenoxy) is 1. The van der Waals surface area contributed by atoms with Crippen LogP contribution in [-0.2, 0) is 6.42 Å². The predicted molar refractivity (Wildman–Crippen MR) is 79.5 cm³/mol. The molecule has 0 radical (unpaired) electrons. The van der Waals surface area contributed by atoms with Crippen LogP contribution in [0.25, 0.3) is 11.0 Å². The molecular formula is C16H15N3O2. The van der Waals surface area contributed by atoms with E-state index in [9.17, 15) is 4.79 Å². The van der Waals surface area contributed by atoms with Gasteiger partial charge in [-0.25, -0.2) is 0 Å². The molecule has 3 rings (SSSR count). The maximum Gasteiger partial charge on any atom is 0.249 e. The third-order valence-electron chi connectivity index (χ3n) is 3.39. The molecule has 5 heteroatoms. The number of nitrogens with zero attached hydrogens (tertiary/aromatic N) is 3. The van der Waals surface area contributed by atoms with Gasteiger partial charge in [0, 0.05) is 6.42 Å². The van der Waals surface area contributed by atoms with Crippen molar-refractivity contribution in [3.05, 3.63) is 54.1 Å². The Kier molecular flexibility index (Phi) is 3.64. The molecule has 5 nitrogen and oxygen atoms in total. The molecule has 0 aliphatic heterocycles. The molecule has 3 aromatic rings. The van der Waals surface area contributed by atoms with Crippen molar-refractivity contribution in [2.24, 2.45) is 0 Å². The van der Waals surface area contributed by atoms with Crippen LogP contribution >= 0.6 is 0 Å². The average Bonchev–Trinajstić information content (AvgIpc) is 2.97. The van der Waals surface area contributed by atoms with Gasteiger partial charge >= 0.3 is 0 Å². The van der Waals surface area contributed by atoms with Gasteiger partial charge in [-0.3, -0.25) is 4.79 Å². The van der Waals surface area contributed by atoms with Crippen LogP contribution < -0.4 is 4.74 Å². The number of methoxy groups -OCH3 is 1. The molecule has 0 N–H and O–H groups in total. The van der Waals surface area contributed by atoms with E-state index in [0.717, 1.165) is 22.3 Å². The number of benzene rings is 2. The van der Waals surface area contributed by atoms with Crippen LogP contribution in [0.2, 0.25) is 0 Å². The first-order valence-electron chi connectivity index (χ1n) is 6.75. The highest BCUT2D eigenvalue weighted by Gasteiger charge is 2.12. The predicted octanol–water partition coefficient (Wildman–Crippen LogP) is 2.71. The molecule has 21 heavy (non-hydrogen) atoms. The summed E-state index contributed by atoms with van der Waals surface area (Å²) in [5.41, 5.74) is 2.48. The molecule has 106 valence electrons. The Morgan fingerprint density at radius 2 is 1.90 bits per heavy atom. The van der Waals surface area contributed by atoms with Gasteiger partial charge in [0.25, 0.3) is 0 Å². The van der Waals surface area contributed by atoms with Crippen LogP contribution in [-0.4, -0.2) is 28.0 Å². The lowest BCUT2D eigenvalue weighted by atomic mass is 10.1. The molecule has 0 aliphatic carbocycles. The zero-order chi connectivity index (χ0) is 14.7. The molecule has 0 aliphatic rings. The minimum absolute atomic E-state index is 0.0744. The number of hydrogen-bond donors (Lipinski definition) is 0. The zero-order valence-corrected chi connectivity index (χ0v) is 11.7. The van der Waals surface area contributed by atoms with Gasteiger partial charge in [0.2, 0.25) is 5.91 Å². The second-order valence-electron chi connectivity index (χ2n) is 4.70. The molecule has 0 saturated carbocycles. The van der Waals surface area contributed by atoms with Crippen LogP contribution in [0.1, 0.15) is 16.8 Å². The quantitative estimate of drug-likeness (QED) is 0.737. The third kappa shape index (κ3) is 2.63. The van der Waals surface area contributed by atoms with Crippen LogP contribution in [0.3, 0.4) is 0 Å². The molecule has 0 spiro atoms. The summed E-state index contributed by atoms with van der Waals surface area (Å²) in [4.78, 5) is 12.3. The van der Waals surface area contributed by atoms with Crippen molar-refractivity contribution in [3.8, 4) is 5.75 Å². The van der Waals surface area contributed by atoms with E-state index in [0.29, 0.717) is 12.8 Å². The Morgan fingerprint density at radius 3 is 2.76 bits per heavy atom. The van der Waals surface area contributed by atoms with Crippen molar-refractivity contribution >= 4 is 16.9 Å². The molecule has 0 fully saturated rings. The van der Waals surface area contributed by atoms with E-state index in [4.69, 9.17) is 4.74 Å². The summed E-state index contributed by atoms with van der Waals surface area (Å²) >= 11 is 0. The Hall–Kier alpha value is -2.69. The Balaban J connectivity index is 1.78. The minimum atomic E-state index is -0.0744. The standard InChI is InChI=1S/C16H15N3O2/c1-21-15-9-5-2-6-12(15)10-11-16(20)19-14-8-4-3-7-13(14)17-18-19/h2-9H,10-11H2,1H3. The molecule has 0 amide bonds. The van der Waals surface area contributed by atoms with Gasteiger partial charge < -0.3 is 4.74 Å². The van der Waals surface area contributed by atoms with Crippen LogP contribution in [0, 0.1) is 0 Å². The monoisotopic (exact) mass is 281 g/mol. The van der Waals surface area contributed by atoms with Gasteiger partial charge in [-0.1, -0.05) is 35.5 Å². The van der Waals surface area contributed by atoms with Crippen molar-refractivity contribution < 1.29 is 9.53 Å². The normalized spacial score (nSPS) is 10.7.